The number of ether oxygens (including phenoxy) is 1. The van der Waals surface area contributed by atoms with Crippen LogP contribution in [0.4, 0.5) is 10.1 Å². The molecule has 4 nitrogen and oxygen atoms in total. The fourth-order valence-corrected chi connectivity index (χ4v) is 3.11. The Hall–Kier alpha value is -3.08. The van der Waals surface area contributed by atoms with Gasteiger partial charge >= 0.3 is 0 Å². The molecule has 0 radical (unpaired) electrons. The number of ketones is 1. The van der Waals surface area contributed by atoms with Gasteiger partial charge < -0.3 is 14.2 Å². The second-order valence-corrected chi connectivity index (χ2v) is 6.70. The molecule has 0 aliphatic carbocycles. The molecular formula is C22H23FN2O2. The van der Waals surface area contributed by atoms with Crippen LogP contribution >= 0.6 is 0 Å². The molecule has 0 spiro atoms. The lowest BCUT2D eigenvalue weighted by Gasteiger charge is -2.14. The zero-order chi connectivity index (χ0) is 19.6. The minimum Gasteiger partial charge on any atom is -0.485 e. The molecule has 0 aliphatic rings. The molecule has 1 heterocycles. The summed E-state index contributed by atoms with van der Waals surface area (Å²) in [5, 5.41) is 0. The van der Waals surface area contributed by atoms with Gasteiger partial charge in [0.1, 0.15) is 11.6 Å². The first-order valence-corrected chi connectivity index (χ1v) is 8.75. The number of anilines is 1. The van der Waals surface area contributed by atoms with E-state index in [0.29, 0.717) is 11.3 Å². The van der Waals surface area contributed by atoms with Gasteiger partial charge in [0.15, 0.2) is 6.61 Å². The molecular weight excluding hydrogens is 343 g/mol. The van der Waals surface area contributed by atoms with Crippen LogP contribution in [0.15, 0.2) is 54.6 Å². The van der Waals surface area contributed by atoms with E-state index in [-0.39, 0.29) is 18.2 Å². The first-order chi connectivity index (χ1) is 12.9. The van der Waals surface area contributed by atoms with E-state index in [0.717, 1.165) is 22.8 Å². The van der Waals surface area contributed by atoms with Crippen molar-refractivity contribution in [3.8, 4) is 11.4 Å². The Morgan fingerprint density at radius 3 is 2.44 bits per heavy atom. The monoisotopic (exact) mass is 366 g/mol. The maximum absolute atomic E-state index is 13.2. The van der Waals surface area contributed by atoms with Gasteiger partial charge in [0, 0.05) is 48.5 Å². The molecule has 0 bridgehead atoms. The number of benzene rings is 2. The lowest BCUT2D eigenvalue weighted by atomic mass is 10.1. The zero-order valence-electron chi connectivity index (χ0n) is 16.0. The van der Waals surface area contributed by atoms with E-state index in [1.807, 2.05) is 67.7 Å². The number of hydrogen-bond acceptors (Lipinski definition) is 3. The van der Waals surface area contributed by atoms with E-state index < -0.39 is 0 Å². The Bertz CT molecular complexity index is 959. The topological polar surface area (TPSA) is 34.5 Å². The van der Waals surface area contributed by atoms with Gasteiger partial charge in [0.2, 0.25) is 5.78 Å². The van der Waals surface area contributed by atoms with Crippen LogP contribution < -0.4 is 9.64 Å². The number of carbonyl (C=O) groups excluding carboxylic acids is 1. The van der Waals surface area contributed by atoms with E-state index in [1.165, 1.54) is 12.1 Å². The second-order valence-electron chi connectivity index (χ2n) is 6.70. The van der Waals surface area contributed by atoms with Gasteiger partial charge in [-0.3, -0.25) is 4.79 Å². The Morgan fingerprint density at radius 2 is 1.78 bits per heavy atom. The summed E-state index contributed by atoms with van der Waals surface area (Å²) in [7, 11) is 3.91. The molecule has 0 aliphatic heterocycles. The van der Waals surface area contributed by atoms with Crippen LogP contribution in [-0.4, -0.2) is 31.1 Å². The van der Waals surface area contributed by atoms with Gasteiger partial charge in [-0.1, -0.05) is 6.07 Å². The lowest BCUT2D eigenvalue weighted by molar-refractivity contribution is 0.0921. The van der Waals surface area contributed by atoms with E-state index in [4.69, 9.17) is 4.74 Å². The number of nitrogens with zero attached hydrogens (tertiary/aromatic N) is 2. The summed E-state index contributed by atoms with van der Waals surface area (Å²) < 4.78 is 20.8. The summed E-state index contributed by atoms with van der Waals surface area (Å²) in [6.07, 6.45) is 0. The summed E-state index contributed by atoms with van der Waals surface area (Å²) in [4.78, 5) is 14.7. The van der Waals surface area contributed by atoms with Gasteiger partial charge in [0.25, 0.3) is 0 Å². The van der Waals surface area contributed by atoms with Crippen molar-refractivity contribution in [3.05, 3.63) is 77.4 Å². The van der Waals surface area contributed by atoms with Crippen molar-refractivity contribution >= 4 is 11.5 Å². The fourth-order valence-electron chi connectivity index (χ4n) is 3.11. The van der Waals surface area contributed by atoms with Crippen molar-refractivity contribution in [1.29, 1.82) is 0 Å². The van der Waals surface area contributed by atoms with Crippen molar-refractivity contribution in [3.63, 3.8) is 0 Å². The number of rotatable bonds is 6. The van der Waals surface area contributed by atoms with E-state index in [9.17, 15) is 9.18 Å². The highest BCUT2D eigenvalue weighted by Crippen LogP contribution is 2.23. The number of carbonyl (C=O) groups is 1. The molecule has 0 atom stereocenters. The Labute approximate surface area is 158 Å². The second kappa shape index (κ2) is 7.66. The maximum Gasteiger partial charge on any atom is 0.202 e. The number of halogens is 1. The van der Waals surface area contributed by atoms with Gasteiger partial charge in [-0.2, -0.15) is 0 Å². The third-order valence-electron chi connectivity index (χ3n) is 4.52. The van der Waals surface area contributed by atoms with E-state index >= 15 is 0 Å². The van der Waals surface area contributed by atoms with Crippen LogP contribution in [0.2, 0.25) is 0 Å². The number of aryl methyl sites for hydroxylation is 1. The number of hydrogen-bond donors (Lipinski definition) is 0. The van der Waals surface area contributed by atoms with E-state index in [2.05, 4.69) is 0 Å². The summed E-state index contributed by atoms with van der Waals surface area (Å²) in [6, 6.07) is 15.7. The highest BCUT2D eigenvalue weighted by molar-refractivity contribution is 5.98. The van der Waals surface area contributed by atoms with Crippen LogP contribution in [0, 0.1) is 19.7 Å². The fraction of sp³-hybridized carbons (Fsp3) is 0.227. The molecule has 27 heavy (non-hydrogen) atoms. The maximum atomic E-state index is 13.2. The first-order valence-electron chi connectivity index (χ1n) is 8.75. The Morgan fingerprint density at radius 1 is 1.07 bits per heavy atom. The molecule has 140 valence electrons. The molecule has 3 rings (SSSR count). The molecule has 0 N–H and O–H groups in total. The molecule has 0 saturated carbocycles. The summed E-state index contributed by atoms with van der Waals surface area (Å²) in [6.45, 7) is 3.77. The average Bonchev–Trinajstić information content (AvgIpc) is 2.95. The minimum absolute atomic E-state index is 0.0371. The van der Waals surface area contributed by atoms with Crippen LogP contribution in [0.5, 0.6) is 5.75 Å². The predicted molar refractivity (Wildman–Crippen MR) is 106 cm³/mol. The zero-order valence-corrected chi connectivity index (χ0v) is 16.0. The minimum atomic E-state index is -0.286. The van der Waals surface area contributed by atoms with Crippen LogP contribution in [0.25, 0.3) is 5.69 Å². The van der Waals surface area contributed by atoms with Crippen molar-refractivity contribution < 1.29 is 13.9 Å². The third kappa shape index (κ3) is 4.03. The van der Waals surface area contributed by atoms with Gasteiger partial charge in [-0.05, 0) is 56.3 Å². The molecule has 0 unspecified atom stereocenters. The highest BCUT2D eigenvalue weighted by Gasteiger charge is 2.17. The Balaban J connectivity index is 1.79. The largest absolute Gasteiger partial charge is 0.485 e. The SMILES string of the molecule is Cc1cc(C(=O)COc2cccc(N(C)C)c2)c(C)n1-c1ccc(F)cc1. The summed E-state index contributed by atoms with van der Waals surface area (Å²) in [5.74, 6) is 0.277. The molecule has 1 aromatic heterocycles. The average molecular weight is 366 g/mol. The molecule has 0 saturated heterocycles. The molecule has 2 aromatic carbocycles. The highest BCUT2D eigenvalue weighted by atomic mass is 19.1. The van der Waals surface area contributed by atoms with Crippen LogP contribution in [0.3, 0.4) is 0 Å². The van der Waals surface area contributed by atoms with Crippen molar-refractivity contribution in [1.82, 2.24) is 4.57 Å². The quantitative estimate of drug-likeness (QED) is 0.600. The van der Waals surface area contributed by atoms with Crippen molar-refractivity contribution in [2.24, 2.45) is 0 Å². The van der Waals surface area contributed by atoms with E-state index in [1.54, 1.807) is 12.1 Å². The van der Waals surface area contributed by atoms with Gasteiger partial charge in [-0.25, -0.2) is 4.39 Å². The molecule has 3 aromatic rings. The standard InChI is InChI=1S/C22H23FN2O2/c1-15-12-21(16(2)25(15)18-10-8-17(23)9-11-18)22(26)14-27-20-7-5-6-19(13-20)24(3)4/h5-13H,14H2,1-4H3. The van der Waals surface area contributed by atoms with Crippen LogP contribution in [-0.2, 0) is 0 Å². The lowest BCUT2D eigenvalue weighted by Crippen LogP contribution is -2.13. The normalized spacial score (nSPS) is 10.7. The third-order valence-corrected chi connectivity index (χ3v) is 4.52. The summed E-state index contributed by atoms with van der Waals surface area (Å²) >= 11 is 0. The Kier molecular flexibility index (Phi) is 5.31. The summed E-state index contributed by atoms with van der Waals surface area (Å²) in [5.41, 5.74) is 4.17. The van der Waals surface area contributed by atoms with Gasteiger partial charge in [0.05, 0.1) is 0 Å². The number of aromatic nitrogens is 1. The number of Topliss-reactive ketones (excluding diaryl/α,β-unsaturated/α-hetero) is 1. The smallest absolute Gasteiger partial charge is 0.202 e. The molecule has 5 heteroatoms. The predicted octanol–water partition coefficient (Wildman–Crippen LogP) is 4.56. The van der Waals surface area contributed by atoms with Gasteiger partial charge in [-0.15, -0.1) is 0 Å². The molecule has 0 amide bonds. The van der Waals surface area contributed by atoms with Crippen LogP contribution in [0.1, 0.15) is 21.7 Å². The van der Waals surface area contributed by atoms with Crippen molar-refractivity contribution in [2.75, 3.05) is 25.6 Å². The van der Waals surface area contributed by atoms with Crippen molar-refractivity contribution in [2.45, 2.75) is 13.8 Å². The first kappa shape index (κ1) is 18.7. The molecule has 0 fully saturated rings.